The molecule has 0 aromatic heterocycles. The van der Waals surface area contributed by atoms with Crippen LogP contribution in [-0.2, 0) is 6.54 Å². The highest BCUT2D eigenvalue weighted by Gasteiger charge is 2.30. The summed E-state index contributed by atoms with van der Waals surface area (Å²) < 4.78 is 0. The van der Waals surface area contributed by atoms with Gasteiger partial charge in [-0.05, 0) is 62.4 Å². The lowest BCUT2D eigenvalue weighted by Gasteiger charge is -2.32. The number of rotatable bonds is 6. The van der Waals surface area contributed by atoms with Gasteiger partial charge in [-0.3, -0.25) is 0 Å². The zero-order valence-electron chi connectivity index (χ0n) is 13.8. The largest absolute Gasteiger partial charge is 0.366 e. The predicted octanol–water partition coefficient (Wildman–Crippen LogP) is 4.85. The van der Waals surface area contributed by atoms with Crippen LogP contribution in [0.1, 0.15) is 52.5 Å². The molecule has 1 fully saturated rings. The first-order valence-electron chi connectivity index (χ1n) is 8.30. The average Bonchev–Trinajstić information content (AvgIpc) is 2.80. The van der Waals surface area contributed by atoms with Crippen LogP contribution in [0.5, 0.6) is 0 Å². The highest BCUT2D eigenvalue weighted by molar-refractivity contribution is 6.30. The average molecular weight is 309 g/mol. The summed E-state index contributed by atoms with van der Waals surface area (Å²) in [6, 6.07) is 7.66. The van der Waals surface area contributed by atoms with E-state index in [-0.39, 0.29) is 0 Å². The zero-order valence-corrected chi connectivity index (χ0v) is 14.6. The number of benzene rings is 1. The molecule has 1 aliphatic heterocycles. The Hall–Kier alpha value is -0.730. The maximum absolute atomic E-state index is 6.23. The van der Waals surface area contributed by atoms with Crippen LogP contribution in [0.25, 0.3) is 0 Å². The number of nitrogens with zero attached hydrogens (tertiary/aromatic N) is 1. The van der Waals surface area contributed by atoms with Gasteiger partial charge in [0.1, 0.15) is 0 Å². The second-order valence-electron chi connectivity index (χ2n) is 6.69. The van der Waals surface area contributed by atoms with Crippen LogP contribution in [0.4, 0.5) is 5.69 Å². The molecule has 1 N–H and O–H groups in total. The molecule has 3 heteroatoms. The van der Waals surface area contributed by atoms with Crippen LogP contribution in [0.3, 0.4) is 0 Å². The Labute approximate surface area is 134 Å². The third-order valence-electron chi connectivity index (χ3n) is 4.44. The molecule has 2 unspecified atom stereocenters. The van der Waals surface area contributed by atoms with Crippen molar-refractivity contribution in [1.29, 1.82) is 0 Å². The third kappa shape index (κ3) is 4.14. The van der Waals surface area contributed by atoms with Gasteiger partial charge in [-0.25, -0.2) is 0 Å². The summed E-state index contributed by atoms with van der Waals surface area (Å²) in [6.07, 6.45) is 3.81. The maximum Gasteiger partial charge on any atom is 0.0417 e. The molecule has 2 nitrogen and oxygen atoms in total. The van der Waals surface area contributed by atoms with Crippen LogP contribution in [-0.4, -0.2) is 18.6 Å². The van der Waals surface area contributed by atoms with Gasteiger partial charge < -0.3 is 10.2 Å². The first kappa shape index (κ1) is 16.6. The van der Waals surface area contributed by atoms with Crippen LogP contribution < -0.4 is 10.2 Å². The predicted molar refractivity (Wildman–Crippen MR) is 93.3 cm³/mol. The van der Waals surface area contributed by atoms with Crippen LogP contribution in [0.2, 0.25) is 5.02 Å². The van der Waals surface area contributed by atoms with Gasteiger partial charge in [0.25, 0.3) is 0 Å². The molecule has 1 saturated heterocycles. The lowest BCUT2D eigenvalue weighted by molar-refractivity contribution is 0.550. The van der Waals surface area contributed by atoms with Gasteiger partial charge in [-0.2, -0.15) is 0 Å². The van der Waals surface area contributed by atoms with Crippen molar-refractivity contribution in [2.75, 3.05) is 11.4 Å². The topological polar surface area (TPSA) is 15.3 Å². The Bertz CT molecular complexity index is 459. The highest BCUT2D eigenvalue weighted by atomic mass is 35.5. The Morgan fingerprint density at radius 2 is 2.10 bits per heavy atom. The standard InChI is InChI=1S/C18H29ClN2/c1-5-17-8-6-14(4)21(17)18-9-7-16(19)10-15(18)12-20-11-13(2)3/h7,9-10,13-14,17,20H,5-6,8,11-12H2,1-4H3. The molecule has 1 aromatic carbocycles. The number of hydrogen-bond acceptors (Lipinski definition) is 2. The fourth-order valence-electron chi connectivity index (χ4n) is 3.35. The Kier molecular flexibility index (Phi) is 5.95. The van der Waals surface area contributed by atoms with Crippen molar-refractivity contribution in [3.05, 3.63) is 28.8 Å². The van der Waals surface area contributed by atoms with Crippen molar-refractivity contribution in [1.82, 2.24) is 5.32 Å². The Morgan fingerprint density at radius 1 is 1.33 bits per heavy atom. The first-order chi connectivity index (χ1) is 10.0. The lowest BCUT2D eigenvalue weighted by Crippen LogP contribution is -2.35. The maximum atomic E-state index is 6.23. The highest BCUT2D eigenvalue weighted by Crippen LogP contribution is 2.35. The van der Waals surface area contributed by atoms with E-state index < -0.39 is 0 Å². The second kappa shape index (κ2) is 7.51. The van der Waals surface area contributed by atoms with E-state index in [0.29, 0.717) is 18.0 Å². The van der Waals surface area contributed by atoms with Crippen molar-refractivity contribution in [3.63, 3.8) is 0 Å². The smallest absolute Gasteiger partial charge is 0.0417 e. The van der Waals surface area contributed by atoms with Gasteiger partial charge in [0.2, 0.25) is 0 Å². The van der Waals surface area contributed by atoms with E-state index in [0.717, 1.165) is 18.1 Å². The second-order valence-corrected chi connectivity index (χ2v) is 7.13. The molecule has 2 rings (SSSR count). The van der Waals surface area contributed by atoms with Crippen molar-refractivity contribution in [2.45, 2.75) is 65.6 Å². The monoisotopic (exact) mass is 308 g/mol. The number of halogens is 1. The van der Waals surface area contributed by atoms with Gasteiger partial charge in [-0.15, -0.1) is 0 Å². The minimum Gasteiger partial charge on any atom is -0.366 e. The quantitative estimate of drug-likeness (QED) is 0.808. The Morgan fingerprint density at radius 3 is 2.76 bits per heavy atom. The van der Waals surface area contributed by atoms with Gasteiger partial charge in [0.05, 0.1) is 0 Å². The van der Waals surface area contributed by atoms with E-state index in [9.17, 15) is 0 Å². The summed E-state index contributed by atoms with van der Waals surface area (Å²) in [5.41, 5.74) is 2.70. The minimum absolute atomic E-state index is 0.625. The van der Waals surface area contributed by atoms with Gasteiger partial charge >= 0.3 is 0 Å². The molecule has 0 amide bonds. The molecule has 1 heterocycles. The fourth-order valence-corrected chi connectivity index (χ4v) is 3.54. The molecule has 0 spiro atoms. The van der Waals surface area contributed by atoms with Crippen molar-refractivity contribution < 1.29 is 0 Å². The van der Waals surface area contributed by atoms with E-state index in [1.807, 2.05) is 6.07 Å². The van der Waals surface area contributed by atoms with E-state index >= 15 is 0 Å². The molecule has 118 valence electrons. The summed E-state index contributed by atoms with van der Waals surface area (Å²) in [5, 5.41) is 4.39. The Balaban J connectivity index is 2.21. The summed E-state index contributed by atoms with van der Waals surface area (Å²) in [7, 11) is 0. The van der Waals surface area contributed by atoms with E-state index in [1.54, 1.807) is 0 Å². The summed E-state index contributed by atoms with van der Waals surface area (Å²) in [5.74, 6) is 0.668. The summed E-state index contributed by atoms with van der Waals surface area (Å²) in [6.45, 7) is 11.0. The van der Waals surface area contributed by atoms with Crippen LogP contribution in [0, 0.1) is 5.92 Å². The van der Waals surface area contributed by atoms with Crippen molar-refractivity contribution in [3.8, 4) is 0 Å². The van der Waals surface area contributed by atoms with Gasteiger partial charge in [-0.1, -0.05) is 32.4 Å². The first-order valence-corrected chi connectivity index (χ1v) is 8.68. The van der Waals surface area contributed by atoms with Crippen molar-refractivity contribution in [2.24, 2.45) is 5.92 Å². The van der Waals surface area contributed by atoms with Crippen LogP contribution in [0.15, 0.2) is 18.2 Å². The third-order valence-corrected chi connectivity index (χ3v) is 4.68. The van der Waals surface area contributed by atoms with Gasteiger partial charge in [0.15, 0.2) is 0 Å². The molecule has 2 atom stereocenters. The number of hydrogen-bond donors (Lipinski definition) is 1. The molecule has 0 aliphatic carbocycles. The molecule has 0 bridgehead atoms. The molecule has 21 heavy (non-hydrogen) atoms. The normalized spacial score (nSPS) is 22.3. The molecule has 1 aliphatic rings. The van der Waals surface area contributed by atoms with Gasteiger partial charge in [0, 0.05) is 29.3 Å². The molecule has 0 saturated carbocycles. The van der Waals surface area contributed by atoms with E-state index in [1.165, 1.54) is 30.5 Å². The van der Waals surface area contributed by atoms with Crippen LogP contribution >= 0.6 is 11.6 Å². The molecular formula is C18H29ClN2. The molecule has 0 radical (unpaired) electrons. The molecular weight excluding hydrogens is 280 g/mol. The minimum atomic E-state index is 0.625. The van der Waals surface area contributed by atoms with E-state index in [2.05, 4.69) is 50.0 Å². The zero-order chi connectivity index (χ0) is 15.4. The van der Waals surface area contributed by atoms with Crippen molar-refractivity contribution >= 4 is 17.3 Å². The lowest BCUT2D eigenvalue weighted by atomic mass is 10.1. The SMILES string of the molecule is CCC1CCC(C)N1c1ccc(Cl)cc1CNCC(C)C. The summed E-state index contributed by atoms with van der Waals surface area (Å²) >= 11 is 6.23. The number of anilines is 1. The van der Waals surface area contributed by atoms with E-state index in [4.69, 9.17) is 11.6 Å². The summed E-state index contributed by atoms with van der Waals surface area (Å²) in [4.78, 5) is 2.61. The fraction of sp³-hybridized carbons (Fsp3) is 0.667. The molecule has 1 aromatic rings. The number of nitrogens with one attached hydrogen (secondary N) is 1.